The van der Waals surface area contributed by atoms with Crippen LogP contribution in [0, 0.1) is 11.3 Å². The van der Waals surface area contributed by atoms with E-state index in [1.54, 1.807) is 0 Å². The third-order valence-electron chi connectivity index (χ3n) is 2.66. The first-order valence-corrected chi connectivity index (χ1v) is 4.18. The molecule has 0 aromatic heterocycles. The van der Waals surface area contributed by atoms with Gasteiger partial charge < -0.3 is 10.1 Å². The first-order valence-electron chi connectivity index (χ1n) is 4.18. The number of ether oxygens (including phenoxy) is 1. The molecule has 0 aliphatic carbocycles. The molecule has 2 atom stereocenters. The summed E-state index contributed by atoms with van der Waals surface area (Å²) in [6.07, 6.45) is -4.37. The van der Waals surface area contributed by atoms with Gasteiger partial charge in [0.1, 0.15) is 0 Å². The van der Waals surface area contributed by atoms with E-state index >= 15 is 0 Å². The second-order valence-corrected chi connectivity index (χ2v) is 3.63. The molecule has 6 heteroatoms. The van der Waals surface area contributed by atoms with Crippen LogP contribution in [-0.4, -0.2) is 32.3 Å². The van der Waals surface area contributed by atoms with Crippen molar-refractivity contribution in [1.29, 1.82) is 0 Å². The molecule has 0 unspecified atom stereocenters. The molecule has 1 aliphatic heterocycles. The van der Waals surface area contributed by atoms with Crippen molar-refractivity contribution in [2.45, 2.75) is 13.1 Å². The highest BCUT2D eigenvalue weighted by atomic mass is 19.4. The van der Waals surface area contributed by atoms with Crippen LogP contribution < -0.4 is 5.32 Å². The number of rotatable bonds is 1. The molecule has 1 saturated heterocycles. The summed E-state index contributed by atoms with van der Waals surface area (Å²) in [4.78, 5) is 11.2. The zero-order valence-electron chi connectivity index (χ0n) is 7.94. The van der Waals surface area contributed by atoms with Crippen LogP contribution in [0.4, 0.5) is 13.2 Å². The van der Waals surface area contributed by atoms with Gasteiger partial charge in [0, 0.05) is 13.1 Å². The van der Waals surface area contributed by atoms with E-state index in [1.165, 1.54) is 6.92 Å². The first kappa shape index (κ1) is 11.3. The van der Waals surface area contributed by atoms with Gasteiger partial charge in [-0.15, -0.1) is 0 Å². The monoisotopic (exact) mass is 211 g/mol. The molecule has 82 valence electrons. The SMILES string of the molecule is COC(=O)[C@@]1(C)CNC[C@H]1C(F)(F)F. The van der Waals surface area contributed by atoms with Crippen LogP contribution in [-0.2, 0) is 9.53 Å². The zero-order chi connectivity index (χ0) is 11.0. The van der Waals surface area contributed by atoms with Crippen molar-refractivity contribution < 1.29 is 22.7 Å². The lowest BCUT2D eigenvalue weighted by molar-refractivity contribution is -0.202. The third kappa shape index (κ3) is 1.70. The summed E-state index contributed by atoms with van der Waals surface area (Å²) in [7, 11) is 1.10. The standard InChI is InChI=1S/C8H12F3NO2/c1-7(6(13)14-2)4-12-3-5(7)8(9,10)11/h5,12H,3-4H2,1-2H3/t5-,7+/m1/s1. The molecule has 14 heavy (non-hydrogen) atoms. The number of hydrogen-bond donors (Lipinski definition) is 1. The quantitative estimate of drug-likeness (QED) is 0.656. The number of methoxy groups -OCH3 is 1. The number of nitrogens with one attached hydrogen (secondary N) is 1. The Hall–Kier alpha value is -0.780. The van der Waals surface area contributed by atoms with E-state index in [0.717, 1.165) is 7.11 Å². The normalized spacial score (nSPS) is 33.1. The maximum absolute atomic E-state index is 12.5. The van der Waals surface area contributed by atoms with Gasteiger partial charge in [-0.2, -0.15) is 13.2 Å². The summed E-state index contributed by atoms with van der Waals surface area (Å²) in [5.74, 6) is -2.48. The number of halogens is 3. The second-order valence-electron chi connectivity index (χ2n) is 3.63. The van der Waals surface area contributed by atoms with Gasteiger partial charge in [0.25, 0.3) is 0 Å². The topological polar surface area (TPSA) is 38.3 Å². The molecular formula is C8H12F3NO2. The number of hydrogen-bond acceptors (Lipinski definition) is 3. The Bertz CT molecular complexity index is 241. The lowest BCUT2D eigenvalue weighted by atomic mass is 9.79. The van der Waals surface area contributed by atoms with E-state index in [4.69, 9.17) is 0 Å². The molecule has 3 nitrogen and oxygen atoms in total. The van der Waals surface area contributed by atoms with Gasteiger partial charge in [0.05, 0.1) is 18.4 Å². The molecule has 0 aromatic carbocycles. The molecule has 0 aromatic rings. The number of carbonyl (C=O) groups excluding carboxylic acids is 1. The van der Waals surface area contributed by atoms with Gasteiger partial charge in [-0.3, -0.25) is 4.79 Å². The Morgan fingerprint density at radius 3 is 2.57 bits per heavy atom. The van der Waals surface area contributed by atoms with Crippen LogP contribution in [0.25, 0.3) is 0 Å². The smallest absolute Gasteiger partial charge is 0.394 e. The minimum Gasteiger partial charge on any atom is -0.469 e. The van der Waals surface area contributed by atoms with Crippen LogP contribution in [0.3, 0.4) is 0 Å². The van der Waals surface area contributed by atoms with E-state index in [0.29, 0.717) is 0 Å². The van der Waals surface area contributed by atoms with Crippen molar-refractivity contribution in [1.82, 2.24) is 5.32 Å². The van der Waals surface area contributed by atoms with E-state index in [9.17, 15) is 18.0 Å². The summed E-state index contributed by atoms with van der Waals surface area (Å²) in [6.45, 7) is 1.05. The molecule has 1 aliphatic rings. The fraction of sp³-hybridized carbons (Fsp3) is 0.875. The van der Waals surface area contributed by atoms with Gasteiger partial charge in [0.2, 0.25) is 0 Å². The van der Waals surface area contributed by atoms with Gasteiger partial charge in [-0.1, -0.05) is 0 Å². The van der Waals surface area contributed by atoms with E-state index in [1.807, 2.05) is 0 Å². The van der Waals surface area contributed by atoms with Gasteiger partial charge in [0.15, 0.2) is 0 Å². The third-order valence-corrected chi connectivity index (χ3v) is 2.66. The Morgan fingerprint density at radius 1 is 1.57 bits per heavy atom. The van der Waals surface area contributed by atoms with Crippen LogP contribution in [0.1, 0.15) is 6.92 Å². The predicted octanol–water partition coefficient (Wildman–Crippen LogP) is 0.947. The maximum atomic E-state index is 12.5. The average Bonchev–Trinajstić information content (AvgIpc) is 2.46. The summed E-state index contributed by atoms with van der Waals surface area (Å²) in [5.41, 5.74) is -1.49. The van der Waals surface area contributed by atoms with E-state index < -0.39 is 23.5 Å². The molecule has 0 bridgehead atoms. The van der Waals surface area contributed by atoms with Crippen molar-refractivity contribution in [3.8, 4) is 0 Å². The van der Waals surface area contributed by atoms with Crippen LogP contribution in [0.2, 0.25) is 0 Å². The van der Waals surface area contributed by atoms with Gasteiger partial charge in [-0.05, 0) is 6.92 Å². The highest BCUT2D eigenvalue weighted by Crippen LogP contribution is 2.42. The molecule has 0 spiro atoms. The molecule has 1 heterocycles. The van der Waals surface area contributed by atoms with E-state index in [-0.39, 0.29) is 13.1 Å². The molecule has 1 N–H and O–H groups in total. The van der Waals surface area contributed by atoms with Gasteiger partial charge >= 0.3 is 12.1 Å². The van der Waals surface area contributed by atoms with Gasteiger partial charge in [-0.25, -0.2) is 0 Å². The Balaban J connectivity index is 2.92. The maximum Gasteiger partial charge on any atom is 0.394 e. The van der Waals surface area contributed by atoms with E-state index in [2.05, 4.69) is 10.1 Å². The number of esters is 1. The van der Waals surface area contributed by atoms with Crippen LogP contribution in [0.5, 0.6) is 0 Å². The largest absolute Gasteiger partial charge is 0.469 e. The van der Waals surface area contributed by atoms with Crippen molar-refractivity contribution in [2.24, 2.45) is 11.3 Å². The molecule has 0 amide bonds. The van der Waals surface area contributed by atoms with Crippen molar-refractivity contribution >= 4 is 5.97 Å². The predicted molar refractivity (Wildman–Crippen MR) is 42.5 cm³/mol. The molecule has 0 saturated carbocycles. The Labute approximate surface area is 79.6 Å². The summed E-state index contributed by atoms with van der Waals surface area (Å²) in [5, 5.41) is 2.56. The van der Waals surface area contributed by atoms with Crippen molar-refractivity contribution in [2.75, 3.05) is 20.2 Å². The highest BCUT2D eigenvalue weighted by molar-refractivity contribution is 5.77. The Kier molecular flexibility index (Phi) is 2.76. The molecular weight excluding hydrogens is 199 g/mol. The molecule has 1 fully saturated rings. The number of carbonyl (C=O) groups is 1. The second kappa shape index (κ2) is 3.42. The molecule has 0 radical (unpaired) electrons. The van der Waals surface area contributed by atoms with Crippen LogP contribution in [0.15, 0.2) is 0 Å². The zero-order valence-corrected chi connectivity index (χ0v) is 7.94. The fourth-order valence-electron chi connectivity index (χ4n) is 1.75. The summed E-state index contributed by atoms with van der Waals surface area (Å²) in [6, 6.07) is 0. The van der Waals surface area contributed by atoms with Crippen molar-refractivity contribution in [3.63, 3.8) is 0 Å². The number of alkyl halides is 3. The van der Waals surface area contributed by atoms with Crippen molar-refractivity contribution in [3.05, 3.63) is 0 Å². The lowest BCUT2D eigenvalue weighted by Crippen LogP contribution is -2.43. The summed E-state index contributed by atoms with van der Waals surface area (Å²) >= 11 is 0. The summed E-state index contributed by atoms with van der Waals surface area (Å²) < 4.78 is 41.9. The highest BCUT2D eigenvalue weighted by Gasteiger charge is 2.58. The average molecular weight is 211 g/mol. The lowest BCUT2D eigenvalue weighted by Gasteiger charge is -2.28. The van der Waals surface area contributed by atoms with Crippen LogP contribution >= 0.6 is 0 Å². The molecule has 1 rings (SSSR count). The minimum absolute atomic E-state index is 0.00382. The Morgan fingerprint density at radius 2 is 2.14 bits per heavy atom. The first-order chi connectivity index (χ1) is 6.32. The minimum atomic E-state index is -4.37. The fourth-order valence-corrected chi connectivity index (χ4v) is 1.75.